The summed E-state index contributed by atoms with van der Waals surface area (Å²) in [5, 5.41) is 17.3. The fraction of sp³-hybridized carbons (Fsp3) is 0.326. The van der Waals surface area contributed by atoms with Crippen molar-refractivity contribution in [3.8, 4) is 11.1 Å². The number of allylic oxidation sites excluding steroid dienone is 1. The second-order valence-electron chi connectivity index (χ2n) is 14.2. The molecule has 7 nitrogen and oxygen atoms in total. The van der Waals surface area contributed by atoms with Gasteiger partial charge in [0.2, 0.25) is 0 Å². The highest BCUT2D eigenvalue weighted by Gasteiger charge is 2.45. The van der Waals surface area contributed by atoms with Crippen molar-refractivity contribution < 1.29 is 19.5 Å². The van der Waals surface area contributed by atoms with Gasteiger partial charge >= 0.3 is 5.97 Å². The summed E-state index contributed by atoms with van der Waals surface area (Å²) in [7, 11) is 0. The number of aromatic carboxylic acids is 1. The summed E-state index contributed by atoms with van der Waals surface area (Å²) >= 11 is 0. The molecule has 1 aliphatic heterocycles. The van der Waals surface area contributed by atoms with Crippen molar-refractivity contribution in [2.24, 2.45) is 0 Å². The summed E-state index contributed by atoms with van der Waals surface area (Å²) in [5.41, 5.74) is 9.60. The number of unbranched alkanes of at least 4 members (excludes halogenated alkanes) is 2. The highest BCUT2D eigenvalue weighted by Crippen LogP contribution is 2.54. The highest BCUT2D eigenvalue weighted by atomic mass is 16.4. The molecule has 0 saturated heterocycles. The predicted molar refractivity (Wildman–Crippen MR) is 197 cm³/mol. The summed E-state index contributed by atoms with van der Waals surface area (Å²) in [6.45, 7) is 6.33. The number of ketones is 2. The molecule has 1 saturated carbocycles. The molecule has 2 atom stereocenters. The topological polar surface area (TPSA) is 98.7 Å². The van der Waals surface area contributed by atoms with Crippen LogP contribution in [-0.4, -0.2) is 41.8 Å². The lowest BCUT2D eigenvalue weighted by Gasteiger charge is -2.35. The van der Waals surface area contributed by atoms with E-state index in [1.165, 1.54) is 57.4 Å². The molecule has 50 heavy (non-hydrogen) atoms. The quantitative estimate of drug-likeness (QED) is 0.0639. The van der Waals surface area contributed by atoms with Crippen LogP contribution in [-0.2, 0) is 5.66 Å². The number of carboxylic acid groups (broad SMARTS) is 1. The lowest BCUT2D eigenvalue weighted by atomic mass is 9.95. The molecule has 3 N–H and O–H groups in total. The minimum atomic E-state index is -1.13. The van der Waals surface area contributed by atoms with E-state index >= 15 is 0 Å². The van der Waals surface area contributed by atoms with E-state index in [0.29, 0.717) is 12.0 Å². The first kappa shape index (κ1) is 32.4. The van der Waals surface area contributed by atoms with Crippen LogP contribution in [0.4, 0.5) is 11.4 Å². The van der Waals surface area contributed by atoms with Crippen LogP contribution in [0.15, 0.2) is 84.4 Å². The van der Waals surface area contributed by atoms with Crippen molar-refractivity contribution in [2.75, 3.05) is 18.0 Å². The van der Waals surface area contributed by atoms with Gasteiger partial charge in [0.1, 0.15) is 5.66 Å². The molecule has 3 aliphatic carbocycles. The van der Waals surface area contributed by atoms with Gasteiger partial charge in [0.05, 0.1) is 11.1 Å². The molecule has 0 aromatic heterocycles. The van der Waals surface area contributed by atoms with E-state index in [4.69, 9.17) is 0 Å². The summed E-state index contributed by atoms with van der Waals surface area (Å²) < 4.78 is 0. The second kappa shape index (κ2) is 12.8. The van der Waals surface area contributed by atoms with Gasteiger partial charge in [-0.1, -0.05) is 69.5 Å². The molecule has 4 aromatic carbocycles. The Hall–Kier alpha value is -4.85. The maximum Gasteiger partial charge on any atom is 0.335 e. The molecule has 254 valence electrons. The summed E-state index contributed by atoms with van der Waals surface area (Å²) in [5.74, 6) is -1.54. The number of fused-ring (bicyclic) bond motifs is 7. The zero-order valence-electron chi connectivity index (χ0n) is 28.7. The maximum atomic E-state index is 13.3. The molecular weight excluding hydrogens is 622 g/mol. The lowest BCUT2D eigenvalue weighted by molar-refractivity contribution is 0.0696. The molecule has 4 aliphatic rings. The van der Waals surface area contributed by atoms with Gasteiger partial charge in [0, 0.05) is 34.5 Å². The van der Waals surface area contributed by atoms with Crippen LogP contribution >= 0.6 is 0 Å². The van der Waals surface area contributed by atoms with Gasteiger partial charge < -0.3 is 10.0 Å². The van der Waals surface area contributed by atoms with E-state index in [-0.39, 0.29) is 28.0 Å². The number of carbonyl (C=O) groups is 3. The molecular formula is C43H43N3O4. The van der Waals surface area contributed by atoms with Gasteiger partial charge in [-0.3, -0.25) is 20.2 Å². The number of carboxylic acids is 1. The Labute approximate surface area is 293 Å². The fourth-order valence-electron chi connectivity index (χ4n) is 8.83. The maximum absolute atomic E-state index is 13.3. The number of benzene rings is 4. The Morgan fingerprint density at radius 3 is 2.32 bits per heavy atom. The van der Waals surface area contributed by atoms with Crippen molar-refractivity contribution in [3.63, 3.8) is 0 Å². The third-order valence-electron chi connectivity index (χ3n) is 11.2. The van der Waals surface area contributed by atoms with Crippen molar-refractivity contribution in [1.82, 2.24) is 10.6 Å². The Bertz CT molecular complexity index is 2070. The third kappa shape index (κ3) is 5.05. The van der Waals surface area contributed by atoms with E-state index in [2.05, 4.69) is 84.0 Å². The first-order valence-electron chi connectivity index (χ1n) is 18.2. The van der Waals surface area contributed by atoms with Crippen molar-refractivity contribution in [3.05, 3.63) is 123 Å². The van der Waals surface area contributed by atoms with Crippen LogP contribution in [0.25, 0.3) is 17.2 Å². The molecule has 0 amide bonds. The Balaban J connectivity index is 1.16. The lowest BCUT2D eigenvalue weighted by Crippen LogP contribution is -2.54. The van der Waals surface area contributed by atoms with Crippen LogP contribution in [0.2, 0.25) is 0 Å². The van der Waals surface area contributed by atoms with Gasteiger partial charge in [-0.25, -0.2) is 4.79 Å². The van der Waals surface area contributed by atoms with Crippen LogP contribution in [0.5, 0.6) is 0 Å². The smallest absolute Gasteiger partial charge is 0.335 e. The van der Waals surface area contributed by atoms with Gasteiger partial charge in [-0.05, 0) is 121 Å². The summed E-state index contributed by atoms with van der Waals surface area (Å²) in [4.78, 5) is 40.6. The van der Waals surface area contributed by atoms with E-state index in [1.54, 1.807) is 6.08 Å². The van der Waals surface area contributed by atoms with Gasteiger partial charge in [-0.2, -0.15) is 0 Å². The highest BCUT2D eigenvalue weighted by molar-refractivity contribution is 6.41. The molecule has 7 heteroatoms. The molecule has 0 spiro atoms. The zero-order chi connectivity index (χ0) is 34.6. The van der Waals surface area contributed by atoms with E-state index in [0.717, 1.165) is 63.6 Å². The third-order valence-corrected chi connectivity index (χ3v) is 11.2. The summed E-state index contributed by atoms with van der Waals surface area (Å²) in [6, 6.07) is 26.6. The summed E-state index contributed by atoms with van der Waals surface area (Å²) in [6.07, 6.45) is 9.51. The predicted octanol–water partition coefficient (Wildman–Crippen LogP) is 8.60. The van der Waals surface area contributed by atoms with Crippen LogP contribution in [0.1, 0.15) is 118 Å². The molecule has 1 heterocycles. The van der Waals surface area contributed by atoms with Crippen molar-refractivity contribution in [1.29, 1.82) is 0 Å². The van der Waals surface area contributed by atoms with E-state index in [9.17, 15) is 19.5 Å². The minimum Gasteiger partial charge on any atom is -0.478 e. The second-order valence-corrected chi connectivity index (χ2v) is 14.2. The zero-order valence-corrected chi connectivity index (χ0v) is 28.7. The molecule has 1 fully saturated rings. The molecule has 0 radical (unpaired) electrons. The first-order valence-corrected chi connectivity index (χ1v) is 18.2. The number of Topliss-reactive ketones (excluding diaryl/α,β-unsaturated/α-hetero) is 2. The SMILES string of the molecule is CCCCNC1(NCCCC)c2ccccc2-c2cc(N3c4ccc(/C=C5\C(=O)c6ccc(C(=O)O)cc6C5=O)cc4C4CCCC43)ccc21. The Morgan fingerprint density at radius 1 is 0.820 bits per heavy atom. The van der Waals surface area contributed by atoms with Crippen LogP contribution in [0.3, 0.4) is 0 Å². The monoisotopic (exact) mass is 665 g/mol. The van der Waals surface area contributed by atoms with Crippen molar-refractivity contribution in [2.45, 2.75) is 76.4 Å². The Morgan fingerprint density at radius 2 is 1.56 bits per heavy atom. The van der Waals surface area contributed by atoms with Gasteiger partial charge in [0.15, 0.2) is 11.6 Å². The van der Waals surface area contributed by atoms with Crippen LogP contribution in [0, 0.1) is 0 Å². The fourth-order valence-corrected chi connectivity index (χ4v) is 8.83. The number of hydrogen-bond acceptors (Lipinski definition) is 6. The average Bonchev–Trinajstić information content (AvgIpc) is 3.85. The number of hydrogen-bond donors (Lipinski definition) is 3. The normalized spacial score (nSPS) is 20.2. The van der Waals surface area contributed by atoms with Crippen molar-refractivity contribution >= 4 is 35.0 Å². The van der Waals surface area contributed by atoms with E-state index in [1.807, 2.05) is 6.07 Å². The number of anilines is 2. The van der Waals surface area contributed by atoms with Crippen LogP contribution < -0.4 is 15.5 Å². The molecule has 8 rings (SSSR count). The first-order chi connectivity index (χ1) is 24.4. The minimum absolute atomic E-state index is 0.00251. The standard InChI is InChI=1S/C43H43N3O4/c1-3-5-20-44-43(45-21-6-4-2)36-12-8-7-10-29(36)32-25-28(16-18-37(32)43)46-38-13-9-11-30(38)33-22-26(14-19-39(33)46)23-35-40(47)31-17-15-27(42(49)50)24-34(31)41(35)48/h7-8,10,12,14-19,22-25,30,38,44-45H,3-6,9,11,13,20-21H2,1-2H3,(H,49,50)/b35-23+. The van der Waals surface area contributed by atoms with Gasteiger partial charge in [0.25, 0.3) is 0 Å². The van der Waals surface area contributed by atoms with Gasteiger partial charge in [-0.15, -0.1) is 0 Å². The van der Waals surface area contributed by atoms with E-state index < -0.39 is 17.4 Å². The molecule has 0 bridgehead atoms. The number of nitrogens with zero attached hydrogens (tertiary/aromatic N) is 1. The largest absolute Gasteiger partial charge is 0.478 e. The number of carbonyl (C=O) groups excluding carboxylic acids is 2. The molecule has 2 unspecified atom stereocenters. The number of nitrogens with one attached hydrogen (secondary N) is 2. The average molecular weight is 666 g/mol. The number of rotatable bonds is 11. The molecule has 4 aromatic rings. The Kier molecular flexibility index (Phi) is 8.28.